The fourth-order valence-corrected chi connectivity index (χ4v) is 3.66. The number of aryl methyl sites for hydroxylation is 1. The number of aromatic nitrogens is 3. The number of nitrogens with one attached hydrogen (secondary N) is 2. The van der Waals surface area contributed by atoms with E-state index in [4.69, 9.17) is 16.3 Å². The van der Waals surface area contributed by atoms with Gasteiger partial charge < -0.3 is 15.0 Å². The molecule has 186 valence electrons. The Morgan fingerprint density at radius 1 is 1.03 bits per heavy atom. The maximum absolute atomic E-state index is 13.0. The second-order valence-corrected chi connectivity index (χ2v) is 8.53. The van der Waals surface area contributed by atoms with Crippen molar-refractivity contribution in [1.29, 1.82) is 0 Å². The molecule has 0 amide bonds. The first-order valence-corrected chi connectivity index (χ1v) is 11.4. The molecule has 0 fully saturated rings. The number of alkyl halides is 3. The Morgan fingerprint density at radius 3 is 2.42 bits per heavy atom. The van der Waals surface area contributed by atoms with Gasteiger partial charge in [-0.15, -0.1) is 0 Å². The molecule has 2 aromatic carbocycles. The molecule has 0 aliphatic carbocycles. The fourth-order valence-electron chi connectivity index (χ4n) is 3.43. The maximum Gasteiger partial charge on any atom is 0.417 e. The van der Waals surface area contributed by atoms with Gasteiger partial charge in [0.2, 0.25) is 5.95 Å². The SMILES string of the molecule is Cc1ccc(Cc2c[nH]c(NCCc3ccc(Oc4ccc(Cl)c(C(F)(F)F)c4)cc3)nc2=O)cn1. The first kappa shape index (κ1) is 25.2. The highest BCUT2D eigenvalue weighted by Crippen LogP contribution is 2.37. The fraction of sp³-hybridized carbons (Fsp3) is 0.192. The Morgan fingerprint density at radius 2 is 1.75 bits per heavy atom. The first-order chi connectivity index (χ1) is 17.2. The number of ether oxygens (including phenoxy) is 1. The van der Waals surface area contributed by atoms with Crippen molar-refractivity contribution >= 4 is 17.5 Å². The van der Waals surface area contributed by atoms with Crippen molar-refractivity contribution in [2.75, 3.05) is 11.9 Å². The molecular formula is C26H22ClF3N4O2. The summed E-state index contributed by atoms with van der Waals surface area (Å²) in [5, 5.41) is 2.70. The second kappa shape index (κ2) is 10.8. The van der Waals surface area contributed by atoms with E-state index in [0.29, 0.717) is 36.6 Å². The molecule has 0 aliphatic heterocycles. The van der Waals surface area contributed by atoms with Crippen LogP contribution in [0.3, 0.4) is 0 Å². The van der Waals surface area contributed by atoms with Gasteiger partial charge in [0.15, 0.2) is 0 Å². The van der Waals surface area contributed by atoms with E-state index in [1.54, 1.807) is 24.5 Å². The predicted molar refractivity (Wildman–Crippen MR) is 132 cm³/mol. The van der Waals surface area contributed by atoms with Gasteiger partial charge in [0, 0.05) is 36.6 Å². The minimum Gasteiger partial charge on any atom is -0.457 e. The van der Waals surface area contributed by atoms with Gasteiger partial charge in [-0.25, -0.2) is 0 Å². The monoisotopic (exact) mass is 514 g/mol. The highest BCUT2D eigenvalue weighted by atomic mass is 35.5. The van der Waals surface area contributed by atoms with Crippen LogP contribution in [0.5, 0.6) is 11.5 Å². The van der Waals surface area contributed by atoms with Crippen molar-refractivity contribution in [1.82, 2.24) is 15.0 Å². The lowest BCUT2D eigenvalue weighted by atomic mass is 10.1. The number of benzene rings is 2. The highest BCUT2D eigenvalue weighted by molar-refractivity contribution is 6.31. The van der Waals surface area contributed by atoms with E-state index in [1.165, 1.54) is 6.07 Å². The summed E-state index contributed by atoms with van der Waals surface area (Å²) in [7, 11) is 0. The van der Waals surface area contributed by atoms with Gasteiger partial charge in [-0.2, -0.15) is 18.2 Å². The topological polar surface area (TPSA) is 79.9 Å². The molecule has 2 N–H and O–H groups in total. The second-order valence-electron chi connectivity index (χ2n) is 8.13. The van der Waals surface area contributed by atoms with Gasteiger partial charge in [-0.05, 0) is 60.9 Å². The van der Waals surface area contributed by atoms with Gasteiger partial charge in [-0.1, -0.05) is 29.8 Å². The number of hydrogen-bond acceptors (Lipinski definition) is 5. The van der Waals surface area contributed by atoms with Gasteiger partial charge in [0.05, 0.1) is 10.6 Å². The summed E-state index contributed by atoms with van der Waals surface area (Å²) < 4.78 is 44.6. The molecule has 10 heteroatoms. The summed E-state index contributed by atoms with van der Waals surface area (Å²) in [6.07, 6.45) is -0.111. The van der Waals surface area contributed by atoms with E-state index in [0.717, 1.165) is 29.0 Å². The third-order valence-corrected chi connectivity index (χ3v) is 5.68. The van der Waals surface area contributed by atoms with Crippen LogP contribution >= 0.6 is 11.6 Å². The Balaban J connectivity index is 1.30. The van der Waals surface area contributed by atoms with Gasteiger partial charge >= 0.3 is 6.18 Å². The zero-order valence-electron chi connectivity index (χ0n) is 19.2. The smallest absolute Gasteiger partial charge is 0.417 e. The summed E-state index contributed by atoms with van der Waals surface area (Å²) in [5.74, 6) is 0.805. The number of pyridine rings is 1. The van der Waals surface area contributed by atoms with Crippen molar-refractivity contribution in [3.63, 3.8) is 0 Å². The van der Waals surface area contributed by atoms with E-state index in [2.05, 4.69) is 20.3 Å². The Bertz CT molecular complexity index is 1390. The van der Waals surface area contributed by atoms with Crippen LogP contribution in [0, 0.1) is 6.92 Å². The van der Waals surface area contributed by atoms with Gasteiger partial charge in [0.25, 0.3) is 5.56 Å². The number of nitrogens with zero attached hydrogens (tertiary/aromatic N) is 2. The number of H-pyrrole nitrogens is 1. The predicted octanol–water partition coefficient (Wildman–Crippen LogP) is 6.18. The molecule has 36 heavy (non-hydrogen) atoms. The Hall–Kier alpha value is -3.85. The number of halogens is 4. The normalized spacial score (nSPS) is 11.4. The Labute approximate surface area is 210 Å². The molecule has 0 radical (unpaired) electrons. The lowest BCUT2D eigenvalue weighted by Gasteiger charge is -2.12. The van der Waals surface area contributed by atoms with Crippen LogP contribution in [0.1, 0.15) is 27.9 Å². The molecule has 0 atom stereocenters. The van der Waals surface area contributed by atoms with E-state index < -0.39 is 11.7 Å². The van der Waals surface area contributed by atoms with Crippen molar-refractivity contribution in [3.05, 3.63) is 110 Å². The molecule has 2 heterocycles. The third-order valence-electron chi connectivity index (χ3n) is 5.35. The van der Waals surface area contributed by atoms with Crippen LogP contribution in [0.4, 0.5) is 19.1 Å². The summed E-state index contributed by atoms with van der Waals surface area (Å²) >= 11 is 5.64. The molecule has 0 aliphatic rings. The zero-order chi connectivity index (χ0) is 25.7. The summed E-state index contributed by atoms with van der Waals surface area (Å²) in [6.45, 7) is 2.41. The molecule has 0 unspecified atom stereocenters. The molecule has 0 saturated heterocycles. The van der Waals surface area contributed by atoms with E-state index in [-0.39, 0.29) is 16.3 Å². The van der Waals surface area contributed by atoms with Crippen LogP contribution in [-0.4, -0.2) is 21.5 Å². The largest absolute Gasteiger partial charge is 0.457 e. The molecule has 4 rings (SSSR count). The number of anilines is 1. The van der Waals surface area contributed by atoms with Crippen LogP contribution in [-0.2, 0) is 19.0 Å². The van der Waals surface area contributed by atoms with Crippen LogP contribution < -0.4 is 15.6 Å². The van der Waals surface area contributed by atoms with Crippen molar-refractivity contribution in [3.8, 4) is 11.5 Å². The number of aromatic amines is 1. The highest BCUT2D eigenvalue weighted by Gasteiger charge is 2.33. The van der Waals surface area contributed by atoms with E-state index in [1.807, 2.05) is 31.2 Å². The average molecular weight is 515 g/mol. The molecule has 0 spiro atoms. The van der Waals surface area contributed by atoms with Gasteiger partial charge in [-0.3, -0.25) is 9.78 Å². The maximum atomic E-state index is 13.0. The molecule has 2 aromatic heterocycles. The number of hydrogen-bond donors (Lipinski definition) is 2. The minimum absolute atomic E-state index is 0.0401. The molecular weight excluding hydrogens is 493 g/mol. The Kier molecular flexibility index (Phi) is 7.59. The average Bonchev–Trinajstić information content (AvgIpc) is 2.84. The number of rotatable bonds is 8. The van der Waals surface area contributed by atoms with Crippen molar-refractivity contribution in [2.24, 2.45) is 0 Å². The summed E-state index contributed by atoms with van der Waals surface area (Å²) in [5.41, 5.74) is 2.09. The van der Waals surface area contributed by atoms with Crippen LogP contribution in [0.25, 0.3) is 0 Å². The molecule has 0 saturated carbocycles. The molecule has 6 nitrogen and oxygen atoms in total. The molecule has 4 aromatic rings. The summed E-state index contributed by atoms with van der Waals surface area (Å²) in [6, 6.07) is 14.2. The lowest BCUT2D eigenvalue weighted by molar-refractivity contribution is -0.137. The van der Waals surface area contributed by atoms with Crippen LogP contribution in [0.15, 0.2) is 71.8 Å². The van der Waals surface area contributed by atoms with Gasteiger partial charge in [0.1, 0.15) is 11.5 Å². The molecule has 0 bridgehead atoms. The zero-order valence-corrected chi connectivity index (χ0v) is 20.0. The standard InChI is InChI=1S/C26H22ClF3N4O2/c1-16-2-3-18(14-32-16)12-19-15-33-25(34-24(19)35)31-11-10-17-4-6-20(7-5-17)36-21-8-9-23(27)22(13-21)26(28,29)30/h2-9,13-15H,10-12H2,1H3,(H2,31,33,34,35). The van der Waals surface area contributed by atoms with E-state index >= 15 is 0 Å². The van der Waals surface area contributed by atoms with Crippen molar-refractivity contribution < 1.29 is 17.9 Å². The third kappa shape index (κ3) is 6.63. The van der Waals surface area contributed by atoms with Crippen molar-refractivity contribution in [2.45, 2.75) is 25.9 Å². The van der Waals surface area contributed by atoms with E-state index in [9.17, 15) is 18.0 Å². The quantitative estimate of drug-likeness (QED) is 0.293. The first-order valence-electron chi connectivity index (χ1n) is 11.0. The van der Waals surface area contributed by atoms with Crippen LogP contribution in [0.2, 0.25) is 5.02 Å². The lowest BCUT2D eigenvalue weighted by Crippen LogP contribution is -2.18. The summed E-state index contributed by atoms with van der Waals surface area (Å²) in [4.78, 5) is 23.6. The minimum atomic E-state index is -4.56.